The Hall–Kier alpha value is -1.31. The van der Waals surface area contributed by atoms with Gasteiger partial charge in [-0.25, -0.2) is 0 Å². The third-order valence-electron chi connectivity index (χ3n) is 3.31. The molecule has 2 nitrogen and oxygen atoms in total. The largest absolute Gasteiger partial charge is 0.481 e. The minimum Gasteiger partial charge on any atom is -0.481 e. The van der Waals surface area contributed by atoms with Crippen molar-refractivity contribution >= 4 is 5.97 Å². The van der Waals surface area contributed by atoms with Crippen LogP contribution in [0.4, 0.5) is 0 Å². The van der Waals surface area contributed by atoms with Gasteiger partial charge in [0.2, 0.25) is 0 Å². The van der Waals surface area contributed by atoms with Crippen molar-refractivity contribution in [2.24, 2.45) is 5.92 Å². The second kappa shape index (κ2) is 3.62. The van der Waals surface area contributed by atoms with Gasteiger partial charge in [-0.1, -0.05) is 45.0 Å². The molecule has 1 saturated carbocycles. The molecule has 2 heteroatoms. The molecule has 0 heterocycles. The number of aliphatic carboxylic acids is 1. The van der Waals surface area contributed by atoms with E-state index in [-0.39, 0.29) is 17.3 Å². The lowest BCUT2D eigenvalue weighted by Crippen LogP contribution is -2.10. The monoisotopic (exact) mass is 218 g/mol. The first-order chi connectivity index (χ1) is 7.39. The minimum absolute atomic E-state index is 0.152. The lowest BCUT2D eigenvalue weighted by molar-refractivity contribution is -0.138. The number of rotatable bonds is 2. The average Bonchev–Trinajstić information content (AvgIpc) is 2.96. The van der Waals surface area contributed by atoms with Crippen LogP contribution in [0.5, 0.6) is 0 Å². The average molecular weight is 218 g/mol. The van der Waals surface area contributed by atoms with Gasteiger partial charge in [-0.15, -0.1) is 0 Å². The van der Waals surface area contributed by atoms with Gasteiger partial charge in [0.25, 0.3) is 0 Å². The van der Waals surface area contributed by atoms with E-state index < -0.39 is 5.97 Å². The van der Waals surface area contributed by atoms with Crippen LogP contribution in [-0.4, -0.2) is 11.1 Å². The molecule has 0 bridgehead atoms. The van der Waals surface area contributed by atoms with Gasteiger partial charge in [0, 0.05) is 0 Å². The molecule has 1 aliphatic carbocycles. The molecule has 0 unspecified atom stereocenters. The number of hydrogen-bond acceptors (Lipinski definition) is 1. The molecule has 0 aromatic heterocycles. The molecule has 2 rings (SSSR count). The van der Waals surface area contributed by atoms with E-state index in [4.69, 9.17) is 5.11 Å². The Morgan fingerprint density at radius 1 is 1.25 bits per heavy atom. The Morgan fingerprint density at radius 3 is 2.19 bits per heavy atom. The van der Waals surface area contributed by atoms with Gasteiger partial charge < -0.3 is 5.11 Å². The van der Waals surface area contributed by atoms with Gasteiger partial charge in [-0.3, -0.25) is 4.79 Å². The lowest BCUT2D eigenvalue weighted by Gasteiger charge is -2.19. The van der Waals surface area contributed by atoms with Crippen LogP contribution in [0.25, 0.3) is 0 Å². The van der Waals surface area contributed by atoms with Gasteiger partial charge in [0.05, 0.1) is 5.92 Å². The number of carbonyl (C=O) groups is 1. The molecule has 16 heavy (non-hydrogen) atoms. The van der Waals surface area contributed by atoms with E-state index in [1.165, 1.54) is 11.1 Å². The van der Waals surface area contributed by atoms with E-state index in [1.807, 2.05) is 0 Å². The third-order valence-corrected chi connectivity index (χ3v) is 3.31. The molecule has 0 saturated heterocycles. The zero-order valence-corrected chi connectivity index (χ0v) is 10.0. The second-order valence-corrected chi connectivity index (χ2v) is 5.66. The van der Waals surface area contributed by atoms with Crippen LogP contribution in [0.3, 0.4) is 0 Å². The van der Waals surface area contributed by atoms with Crippen molar-refractivity contribution in [3.63, 3.8) is 0 Å². The zero-order chi connectivity index (χ0) is 11.9. The molecular formula is C14H18O2. The van der Waals surface area contributed by atoms with Crippen molar-refractivity contribution in [2.45, 2.75) is 38.5 Å². The predicted octanol–water partition coefficient (Wildman–Crippen LogP) is 3.17. The molecule has 1 aliphatic rings. The quantitative estimate of drug-likeness (QED) is 0.827. The predicted molar refractivity (Wildman–Crippen MR) is 63.6 cm³/mol. The fourth-order valence-electron chi connectivity index (χ4n) is 2.07. The van der Waals surface area contributed by atoms with Crippen LogP contribution in [0.15, 0.2) is 24.3 Å². The first-order valence-corrected chi connectivity index (χ1v) is 5.73. The Kier molecular flexibility index (Phi) is 2.53. The van der Waals surface area contributed by atoms with Crippen molar-refractivity contribution in [3.05, 3.63) is 35.4 Å². The Bertz CT molecular complexity index is 398. The number of hydrogen-bond donors (Lipinski definition) is 1. The molecule has 0 aliphatic heterocycles. The Morgan fingerprint density at radius 2 is 1.81 bits per heavy atom. The molecule has 0 amide bonds. The zero-order valence-electron chi connectivity index (χ0n) is 10.0. The molecule has 86 valence electrons. The van der Waals surface area contributed by atoms with Crippen LogP contribution >= 0.6 is 0 Å². The lowest BCUT2D eigenvalue weighted by atomic mass is 9.86. The Labute approximate surface area is 96.3 Å². The Balaban J connectivity index is 2.13. The molecule has 1 N–H and O–H groups in total. The van der Waals surface area contributed by atoms with Crippen LogP contribution in [0.1, 0.15) is 44.2 Å². The molecule has 1 fully saturated rings. The summed E-state index contributed by atoms with van der Waals surface area (Å²) in [6.07, 6.45) is 0.796. The summed E-state index contributed by atoms with van der Waals surface area (Å²) in [6, 6.07) is 8.39. The fourth-order valence-corrected chi connectivity index (χ4v) is 2.07. The standard InChI is InChI=1S/C14H18O2/c1-14(2,3)10-6-4-9(5-7-10)11-8-12(11)13(15)16/h4-7,11-12H,8H2,1-3H3,(H,15,16)/t11-,12-/m1/s1. The van der Waals surface area contributed by atoms with Gasteiger partial charge >= 0.3 is 5.97 Å². The van der Waals surface area contributed by atoms with Crippen molar-refractivity contribution in [3.8, 4) is 0 Å². The summed E-state index contributed by atoms with van der Waals surface area (Å²) in [5, 5.41) is 8.87. The maximum atomic E-state index is 10.8. The molecular weight excluding hydrogens is 200 g/mol. The highest BCUT2D eigenvalue weighted by atomic mass is 16.4. The topological polar surface area (TPSA) is 37.3 Å². The van der Waals surface area contributed by atoms with E-state index >= 15 is 0 Å². The summed E-state index contributed by atoms with van der Waals surface area (Å²) in [5.74, 6) is -0.572. The summed E-state index contributed by atoms with van der Waals surface area (Å²) in [4.78, 5) is 10.8. The van der Waals surface area contributed by atoms with Crippen LogP contribution in [0.2, 0.25) is 0 Å². The molecule has 1 aromatic carbocycles. The van der Waals surface area contributed by atoms with E-state index in [2.05, 4.69) is 45.0 Å². The first-order valence-electron chi connectivity index (χ1n) is 5.73. The molecule has 0 radical (unpaired) electrons. The fraction of sp³-hybridized carbons (Fsp3) is 0.500. The van der Waals surface area contributed by atoms with Crippen LogP contribution in [-0.2, 0) is 10.2 Å². The smallest absolute Gasteiger partial charge is 0.307 e. The van der Waals surface area contributed by atoms with E-state index in [9.17, 15) is 4.79 Å². The van der Waals surface area contributed by atoms with Gasteiger partial charge in [0.1, 0.15) is 0 Å². The molecule has 1 aromatic rings. The number of carboxylic acid groups (broad SMARTS) is 1. The van der Waals surface area contributed by atoms with Crippen molar-refractivity contribution in [1.82, 2.24) is 0 Å². The van der Waals surface area contributed by atoms with Crippen LogP contribution < -0.4 is 0 Å². The summed E-state index contributed by atoms with van der Waals surface area (Å²) in [5.41, 5.74) is 2.62. The maximum absolute atomic E-state index is 10.8. The van der Waals surface area contributed by atoms with Gasteiger partial charge in [0.15, 0.2) is 0 Å². The summed E-state index contributed by atoms with van der Waals surface area (Å²) in [6.45, 7) is 6.54. The van der Waals surface area contributed by atoms with E-state index in [0.717, 1.165) is 6.42 Å². The number of benzene rings is 1. The molecule has 0 spiro atoms. The second-order valence-electron chi connectivity index (χ2n) is 5.66. The van der Waals surface area contributed by atoms with Crippen LogP contribution in [0, 0.1) is 5.92 Å². The summed E-state index contributed by atoms with van der Waals surface area (Å²) in [7, 11) is 0. The summed E-state index contributed by atoms with van der Waals surface area (Å²) < 4.78 is 0. The third kappa shape index (κ3) is 2.11. The van der Waals surface area contributed by atoms with Crippen molar-refractivity contribution < 1.29 is 9.90 Å². The number of carboxylic acids is 1. The highest BCUT2D eigenvalue weighted by Gasteiger charge is 2.44. The van der Waals surface area contributed by atoms with Gasteiger partial charge in [-0.2, -0.15) is 0 Å². The van der Waals surface area contributed by atoms with E-state index in [1.54, 1.807) is 0 Å². The van der Waals surface area contributed by atoms with Crippen molar-refractivity contribution in [1.29, 1.82) is 0 Å². The van der Waals surface area contributed by atoms with Crippen molar-refractivity contribution in [2.75, 3.05) is 0 Å². The maximum Gasteiger partial charge on any atom is 0.307 e. The first kappa shape index (κ1) is 11.2. The normalized spacial score (nSPS) is 24.2. The van der Waals surface area contributed by atoms with E-state index in [0.29, 0.717) is 0 Å². The highest BCUT2D eigenvalue weighted by molar-refractivity contribution is 5.75. The highest BCUT2D eigenvalue weighted by Crippen LogP contribution is 2.47. The SMILES string of the molecule is CC(C)(C)c1ccc([C@H]2C[C@H]2C(=O)O)cc1. The van der Waals surface area contributed by atoms with Gasteiger partial charge in [-0.05, 0) is 28.9 Å². The summed E-state index contributed by atoms with van der Waals surface area (Å²) >= 11 is 0. The minimum atomic E-state index is -0.662. The molecule has 2 atom stereocenters.